The van der Waals surface area contributed by atoms with Crippen LogP contribution in [0.15, 0.2) is 24.3 Å². The van der Waals surface area contributed by atoms with Crippen LogP contribution in [0.25, 0.3) is 0 Å². The number of rotatable bonds is 6. The Kier molecular flexibility index (Phi) is 5.52. The van der Waals surface area contributed by atoms with Gasteiger partial charge < -0.3 is 15.0 Å². The predicted molar refractivity (Wildman–Crippen MR) is 81.1 cm³/mol. The monoisotopic (exact) mass is 262 g/mol. The molecule has 3 nitrogen and oxygen atoms in total. The van der Waals surface area contributed by atoms with Crippen molar-refractivity contribution in [3.05, 3.63) is 24.3 Å². The number of hydrogen-bond donors (Lipinski definition) is 1. The van der Waals surface area contributed by atoms with Crippen LogP contribution in [0.5, 0.6) is 5.75 Å². The van der Waals surface area contributed by atoms with Crippen molar-refractivity contribution in [2.24, 2.45) is 0 Å². The van der Waals surface area contributed by atoms with Gasteiger partial charge in [0.15, 0.2) is 0 Å². The molecule has 19 heavy (non-hydrogen) atoms. The van der Waals surface area contributed by atoms with Gasteiger partial charge in [0.2, 0.25) is 0 Å². The van der Waals surface area contributed by atoms with Gasteiger partial charge >= 0.3 is 0 Å². The van der Waals surface area contributed by atoms with Gasteiger partial charge in [-0.05, 0) is 44.9 Å². The molecule has 0 radical (unpaired) electrons. The van der Waals surface area contributed by atoms with Crippen LogP contribution in [0, 0.1) is 0 Å². The first-order chi connectivity index (χ1) is 9.31. The molecule has 1 aliphatic rings. The average molecular weight is 262 g/mol. The smallest absolute Gasteiger partial charge is 0.142 e. The standard InChI is InChI=1S/C16H26N2O/c1-3-10-17-14(2)9-12-18-11-6-13-19-16-8-5-4-7-15(16)18/h4-5,7-8,14,17H,3,6,9-13H2,1-2H3. The predicted octanol–water partition coefficient (Wildman–Crippen LogP) is 3.05. The van der Waals surface area contributed by atoms with E-state index < -0.39 is 0 Å². The summed E-state index contributed by atoms with van der Waals surface area (Å²) in [4.78, 5) is 2.46. The molecule has 1 unspecified atom stereocenters. The highest BCUT2D eigenvalue weighted by Crippen LogP contribution is 2.30. The molecule has 0 bridgehead atoms. The normalized spacial score (nSPS) is 16.4. The van der Waals surface area contributed by atoms with Crippen molar-refractivity contribution in [1.82, 2.24) is 5.32 Å². The van der Waals surface area contributed by atoms with Gasteiger partial charge in [-0.1, -0.05) is 19.1 Å². The Morgan fingerprint density at radius 1 is 1.37 bits per heavy atom. The summed E-state index contributed by atoms with van der Waals surface area (Å²) < 4.78 is 5.79. The van der Waals surface area contributed by atoms with Crippen LogP contribution in [0.2, 0.25) is 0 Å². The van der Waals surface area contributed by atoms with Gasteiger partial charge in [-0.2, -0.15) is 0 Å². The highest BCUT2D eigenvalue weighted by molar-refractivity contribution is 5.58. The van der Waals surface area contributed by atoms with Crippen LogP contribution in [0.1, 0.15) is 33.1 Å². The van der Waals surface area contributed by atoms with Crippen molar-refractivity contribution in [2.45, 2.75) is 39.2 Å². The quantitative estimate of drug-likeness (QED) is 0.853. The molecule has 106 valence electrons. The van der Waals surface area contributed by atoms with Gasteiger partial charge in [-0.15, -0.1) is 0 Å². The van der Waals surface area contributed by atoms with E-state index in [9.17, 15) is 0 Å². The molecule has 1 heterocycles. The lowest BCUT2D eigenvalue weighted by atomic mass is 10.2. The molecule has 2 rings (SSSR count). The maximum absolute atomic E-state index is 5.79. The van der Waals surface area contributed by atoms with E-state index >= 15 is 0 Å². The summed E-state index contributed by atoms with van der Waals surface area (Å²) in [5.74, 6) is 1.04. The van der Waals surface area contributed by atoms with Crippen molar-refractivity contribution >= 4 is 5.69 Å². The number of anilines is 1. The summed E-state index contributed by atoms with van der Waals surface area (Å²) in [6.07, 6.45) is 3.48. The van der Waals surface area contributed by atoms with Crippen LogP contribution in [0.3, 0.4) is 0 Å². The van der Waals surface area contributed by atoms with Gasteiger partial charge in [0.1, 0.15) is 5.75 Å². The van der Waals surface area contributed by atoms with Gasteiger partial charge in [0, 0.05) is 19.1 Å². The second kappa shape index (κ2) is 7.39. The first-order valence-corrected chi connectivity index (χ1v) is 7.51. The van der Waals surface area contributed by atoms with Gasteiger partial charge in [-0.3, -0.25) is 0 Å². The molecule has 0 aromatic heterocycles. The Labute approximate surface area is 116 Å². The Bertz CT molecular complexity index is 381. The fourth-order valence-electron chi connectivity index (χ4n) is 2.47. The lowest BCUT2D eigenvalue weighted by Crippen LogP contribution is -2.33. The Morgan fingerprint density at radius 2 is 2.21 bits per heavy atom. The summed E-state index contributed by atoms with van der Waals surface area (Å²) in [6.45, 7) is 8.62. The van der Waals surface area contributed by atoms with E-state index in [1.54, 1.807) is 0 Å². The number of nitrogens with one attached hydrogen (secondary N) is 1. The van der Waals surface area contributed by atoms with Crippen molar-refractivity contribution < 1.29 is 4.74 Å². The number of para-hydroxylation sites is 2. The highest BCUT2D eigenvalue weighted by Gasteiger charge is 2.16. The van der Waals surface area contributed by atoms with Crippen molar-refractivity contribution in [2.75, 3.05) is 31.1 Å². The number of hydrogen-bond acceptors (Lipinski definition) is 3. The van der Waals surface area contributed by atoms with E-state index in [1.165, 1.54) is 18.5 Å². The number of fused-ring (bicyclic) bond motifs is 1. The molecule has 0 amide bonds. The minimum absolute atomic E-state index is 0.580. The van der Waals surface area contributed by atoms with E-state index in [2.05, 4.69) is 42.3 Å². The molecule has 0 aliphatic carbocycles. The average Bonchev–Trinajstić information content (AvgIpc) is 2.65. The van der Waals surface area contributed by atoms with E-state index in [0.29, 0.717) is 6.04 Å². The SMILES string of the molecule is CCCNC(C)CCN1CCCOc2ccccc21. The second-order valence-corrected chi connectivity index (χ2v) is 5.30. The summed E-state index contributed by atoms with van der Waals surface area (Å²) in [5.41, 5.74) is 1.25. The molecule has 1 aromatic carbocycles. The molecule has 0 saturated heterocycles. The molecule has 1 aliphatic heterocycles. The maximum Gasteiger partial charge on any atom is 0.142 e. The summed E-state index contributed by atoms with van der Waals surface area (Å²) in [6, 6.07) is 8.97. The lowest BCUT2D eigenvalue weighted by molar-refractivity contribution is 0.322. The van der Waals surface area contributed by atoms with Crippen molar-refractivity contribution in [1.29, 1.82) is 0 Å². The molecule has 1 N–H and O–H groups in total. The number of ether oxygens (including phenoxy) is 1. The van der Waals surface area contributed by atoms with Crippen LogP contribution in [0.4, 0.5) is 5.69 Å². The number of benzene rings is 1. The molecule has 1 atom stereocenters. The van der Waals surface area contributed by atoms with Crippen LogP contribution < -0.4 is 15.0 Å². The Balaban J connectivity index is 1.92. The van der Waals surface area contributed by atoms with E-state index in [1.807, 2.05) is 6.07 Å². The zero-order valence-electron chi connectivity index (χ0n) is 12.2. The topological polar surface area (TPSA) is 24.5 Å². The molecular weight excluding hydrogens is 236 g/mol. The zero-order chi connectivity index (χ0) is 13.5. The summed E-state index contributed by atoms with van der Waals surface area (Å²) in [7, 11) is 0. The van der Waals surface area contributed by atoms with Crippen LogP contribution in [-0.2, 0) is 0 Å². The lowest BCUT2D eigenvalue weighted by Gasteiger charge is -2.25. The fraction of sp³-hybridized carbons (Fsp3) is 0.625. The first kappa shape index (κ1) is 14.2. The molecule has 0 saturated carbocycles. The van der Waals surface area contributed by atoms with Crippen LogP contribution >= 0.6 is 0 Å². The van der Waals surface area contributed by atoms with Crippen molar-refractivity contribution in [3.8, 4) is 5.75 Å². The van der Waals surface area contributed by atoms with E-state index in [4.69, 9.17) is 4.74 Å². The van der Waals surface area contributed by atoms with Gasteiger partial charge in [-0.25, -0.2) is 0 Å². The molecule has 3 heteroatoms. The Hall–Kier alpha value is -1.22. The van der Waals surface area contributed by atoms with Gasteiger partial charge in [0.05, 0.1) is 12.3 Å². The molecule has 0 spiro atoms. The third-order valence-electron chi connectivity index (χ3n) is 3.61. The number of nitrogens with zero attached hydrogens (tertiary/aromatic N) is 1. The molecule has 0 fully saturated rings. The third kappa shape index (κ3) is 4.13. The van der Waals surface area contributed by atoms with E-state index in [0.717, 1.165) is 38.4 Å². The minimum atomic E-state index is 0.580. The highest BCUT2D eigenvalue weighted by atomic mass is 16.5. The van der Waals surface area contributed by atoms with E-state index in [-0.39, 0.29) is 0 Å². The maximum atomic E-state index is 5.79. The second-order valence-electron chi connectivity index (χ2n) is 5.30. The molecular formula is C16H26N2O. The third-order valence-corrected chi connectivity index (χ3v) is 3.61. The fourth-order valence-corrected chi connectivity index (χ4v) is 2.47. The zero-order valence-corrected chi connectivity index (χ0v) is 12.2. The largest absolute Gasteiger partial charge is 0.491 e. The first-order valence-electron chi connectivity index (χ1n) is 7.51. The summed E-state index contributed by atoms with van der Waals surface area (Å²) in [5, 5.41) is 3.55. The van der Waals surface area contributed by atoms with Gasteiger partial charge in [0.25, 0.3) is 0 Å². The Morgan fingerprint density at radius 3 is 3.05 bits per heavy atom. The van der Waals surface area contributed by atoms with Crippen molar-refractivity contribution in [3.63, 3.8) is 0 Å². The van der Waals surface area contributed by atoms with Crippen LogP contribution in [-0.4, -0.2) is 32.3 Å². The molecule has 1 aromatic rings. The minimum Gasteiger partial charge on any atom is -0.491 e. The summed E-state index contributed by atoms with van der Waals surface area (Å²) >= 11 is 0.